The van der Waals surface area contributed by atoms with Gasteiger partial charge < -0.3 is 14.7 Å². The Morgan fingerprint density at radius 1 is 0.462 bits per heavy atom. The van der Waals surface area contributed by atoms with E-state index < -0.39 is 0 Å². The van der Waals surface area contributed by atoms with Crippen molar-refractivity contribution in [3.05, 3.63) is 91.0 Å². The molecule has 6 atom stereocenters. The highest BCUT2D eigenvalue weighted by molar-refractivity contribution is 5.52. The zero-order valence-corrected chi connectivity index (χ0v) is 22.2. The van der Waals surface area contributed by atoms with Gasteiger partial charge in [-0.2, -0.15) is 0 Å². The summed E-state index contributed by atoms with van der Waals surface area (Å²) in [6, 6.07) is 33.3. The van der Waals surface area contributed by atoms with Crippen LogP contribution in [-0.2, 0) is 0 Å². The lowest BCUT2D eigenvalue weighted by molar-refractivity contribution is 0.159. The summed E-state index contributed by atoms with van der Waals surface area (Å²) < 4.78 is 0. The van der Waals surface area contributed by atoms with Gasteiger partial charge in [-0.3, -0.25) is 31.9 Å². The Balaban J connectivity index is 1.35. The van der Waals surface area contributed by atoms with Crippen molar-refractivity contribution in [2.24, 2.45) is 0 Å². The fourth-order valence-electron chi connectivity index (χ4n) is 6.79. The van der Waals surface area contributed by atoms with Crippen LogP contribution in [0.15, 0.2) is 91.0 Å². The van der Waals surface area contributed by atoms with Crippen LogP contribution in [0.2, 0.25) is 0 Å². The van der Waals surface area contributed by atoms with Crippen LogP contribution in [0.1, 0.15) is 25.7 Å². The molecule has 7 rings (SSSR count). The first kappa shape index (κ1) is 24.8. The Labute approximate surface area is 230 Å². The summed E-state index contributed by atoms with van der Waals surface area (Å²) in [5.41, 5.74) is 3.64. The van der Waals surface area contributed by atoms with Gasteiger partial charge in [0.1, 0.15) is 25.2 Å². The molecule has 4 fully saturated rings. The van der Waals surface area contributed by atoms with Crippen molar-refractivity contribution in [1.29, 1.82) is 0 Å². The van der Waals surface area contributed by atoms with Crippen molar-refractivity contribution >= 4 is 17.1 Å². The Kier molecular flexibility index (Phi) is 7.09. The van der Waals surface area contributed by atoms with E-state index in [4.69, 9.17) is 0 Å². The van der Waals surface area contributed by atoms with Crippen molar-refractivity contribution in [2.45, 2.75) is 62.9 Å². The Hall–Kier alpha value is -3.18. The van der Waals surface area contributed by atoms with Crippen LogP contribution in [0, 0.1) is 0 Å². The lowest BCUT2D eigenvalue weighted by Gasteiger charge is -2.55. The molecule has 1 aliphatic carbocycles. The van der Waals surface area contributed by atoms with Crippen molar-refractivity contribution < 1.29 is 0 Å². The molecule has 6 N–H and O–H groups in total. The summed E-state index contributed by atoms with van der Waals surface area (Å²) in [6.45, 7) is 1.41. The van der Waals surface area contributed by atoms with Crippen molar-refractivity contribution in [2.75, 3.05) is 28.0 Å². The van der Waals surface area contributed by atoms with Gasteiger partial charge in [-0.15, -0.1) is 0 Å². The minimum Gasteiger partial charge on any atom is -0.340 e. The Bertz CT molecular complexity index is 1020. The lowest BCUT2D eigenvalue weighted by atomic mass is 9.88. The molecule has 1 saturated carbocycles. The second-order valence-corrected chi connectivity index (χ2v) is 10.8. The molecule has 6 unspecified atom stereocenters. The Morgan fingerprint density at radius 2 is 0.821 bits per heavy atom. The number of para-hydroxylation sites is 3. The fourth-order valence-corrected chi connectivity index (χ4v) is 6.79. The fraction of sp³-hybridized carbons (Fsp3) is 0.400. The molecule has 3 heterocycles. The van der Waals surface area contributed by atoms with Crippen LogP contribution in [-0.4, -0.2) is 50.6 Å². The maximum absolute atomic E-state index is 3.93. The van der Waals surface area contributed by atoms with Crippen molar-refractivity contribution in [1.82, 2.24) is 31.9 Å². The molecule has 39 heavy (non-hydrogen) atoms. The number of nitrogens with zero attached hydrogens (tertiary/aromatic N) is 3. The molecule has 3 aromatic carbocycles. The first-order chi connectivity index (χ1) is 19.3. The summed E-state index contributed by atoms with van der Waals surface area (Å²) in [4.78, 5) is 7.58. The van der Waals surface area contributed by atoms with E-state index in [2.05, 4.69) is 138 Å². The molecule has 3 saturated heterocycles. The average molecular weight is 526 g/mol. The number of hydrogen-bond acceptors (Lipinski definition) is 9. The molecular formula is C30H39N9. The van der Waals surface area contributed by atoms with Gasteiger partial charge in [0, 0.05) is 29.1 Å². The van der Waals surface area contributed by atoms with Crippen LogP contribution in [0.3, 0.4) is 0 Å². The van der Waals surface area contributed by atoms with Gasteiger partial charge >= 0.3 is 0 Å². The minimum atomic E-state index is -0.0994. The highest BCUT2D eigenvalue weighted by Crippen LogP contribution is 2.34. The molecule has 9 nitrogen and oxygen atoms in total. The molecule has 9 heteroatoms. The summed E-state index contributed by atoms with van der Waals surface area (Å²) >= 11 is 0. The van der Waals surface area contributed by atoms with Crippen molar-refractivity contribution in [3.63, 3.8) is 0 Å². The topological polar surface area (TPSA) is 81.9 Å². The SMILES string of the molecule is c1ccc(N2C3CCCC(C3)N(c3ccccc3)C3NCNC(N3)N(c3ccccc3)C3NCNC2N3)cc1. The highest BCUT2D eigenvalue weighted by Gasteiger charge is 2.42. The molecule has 3 aliphatic heterocycles. The summed E-state index contributed by atoms with van der Waals surface area (Å²) in [6.07, 6.45) is 4.39. The number of fused-ring (bicyclic) bond motifs is 6. The predicted molar refractivity (Wildman–Crippen MR) is 157 cm³/mol. The van der Waals surface area contributed by atoms with Gasteiger partial charge in [0.2, 0.25) is 0 Å². The summed E-state index contributed by atoms with van der Waals surface area (Å²) in [5, 5.41) is 22.7. The summed E-state index contributed by atoms with van der Waals surface area (Å²) in [5.74, 6) is 0. The lowest BCUT2D eigenvalue weighted by Crippen LogP contribution is -2.80. The minimum absolute atomic E-state index is 0.0178. The van der Waals surface area contributed by atoms with E-state index in [9.17, 15) is 0 Å². The normalized spacial score (nSPS) is 31.2. The van der Waals surface area contributed by atoms with E-state index >= 15 is 0 Å². The summed E-state index contributed by atoms with van der Waals surface area (Å²) in [7, 11) is 0. The van der Waals surface area contributed by atoms with Crippen molar-refractivity contribution in [3.8, 4) is 0 Å². The first-order valence-electron chi connectivity index (χ1n) is 14.3. The zero-order valence-electron chi connectivity index (χ0n) is 22.2. The maximum Gasteiger partial charge on any atom is 0.140 e. The smallest absolute Gasteiger partial charge is 0.140 e. The van der Waals surface area contributed by atoms with E-state index in [1.807, 2.05) is 0 Å². The second kappa shape index (κ2) is 11.1. The predicted octanol–water partition coefficient (Wildman–Crippen LogP) is 2.45. The molecule has 0 radical (unpaired) electrons. The van der Waals surface area contributed by atoms with Gasteiger partial charge in [-0.05, 0) is 62.1 Å². The molecule has 6 bridgehead atoms. The largest absolute Gasteiger partial charge is 0.340 e. The van der Waals surface area contributed by atoms with Crippen LogP contribution in [0.4, 0.5) is 17.1 Å². The van der Waals surface area contributed by atoms with Crippen LogP contribution in [0.25, 0.3) is 0 Å². The molecule has 3 aromatic rings. The van der Waals surface area contributed by atoms with Crippen LogP contribution in [0.5, 0.6) is 0 Å². The molecular weight excluding hydrogens is 486 g/mol. The third-order valence-electron chi connectivity index (χ3n) is 8.49. The highest BCUT2D eigenvalue weighted by atomic mass is 15.6. The average Bonchev–Trinajstić information content (AvgIpc) is 3.00. The maximum atomic E-state index is 3.93. The molecule has 204 valence electrons. The quantitative estimate of drug-likeness (QED) is 0.309. The van der Waals surface area contributed by atoms with Gasteiger partial charge in [0.15, 0.2) is 0 Å². The van der Waals surface area contributed by atoms with Gasteiger partial charge in [-0.1, -0.05) is 54.6 Å². The van der Waals surface area contributed by atoms with Gasteiger partial charge in [-0.25, -0.2) is 0 Å². The molecule has 0 aromatic heterocycles. The molecule has 0 amide bonds. The number of rotatable bonds is 3. The van der Waals surface area contributed by atoms with Gasteiger partial charge in [0.25, 0.3) is 0 Å². The number of hydrogen-bond donors (Lipinski definition) is 6. The van der Waals surface area contributed by atoms with E-state index in [-0.39, 0.29) is 25.2 Å². The number of anilines is 3. The second-order valence-electron chi connectivity index (χ2n) is 10.8. The molecule has 0 spiro atoms. The first-order valence-corrected chi connectivity index (χ1v) is 14.3. The van der Waals surface area contributed by atoms with Gasteiger partial charge in [0.05, 0.1) is 13.3 Å². The number of nitrogens with one attached hydrogen (secondary N) is 6. The standard InChI is InChI=1S/C30H39N9/c1-4-11-22(12-5-1)37-25-17-10-18-26(19-25)38(23-13-6-2-7-14-23)28-32-21-34-30(36-28)39(24-15-8-3-9-16-24)29-33-20-31-27(37)35-29/h1-9,11-16,25-36H,10,17-21H2. The van der Waals surface area contributed by atoms with E-state index in [1.165, 1.54) is 30.6 Å². The van der Waals surface area contributed by atoms with Crippen LogP contribution >= 0.6 is 0 Å². The van der Waals surface area contributed by atoms with E-state index in [0.29, 0.717) is 25.4 Å². The monoisotopic (exact) mass is 525 g/mol. The van der Waals surface area contributed by atoms with E-state index in [1.54, 1.807) is 0 Å². The number of benzene rings is 3. The third kappa shape index (κ3) is 4.98. The molecule has 4 aliphatic rings. The zero-order chi connectivity index (χ0) is 26.0. The van der Waals surface area contributed by atoms with E-state index in [0.717, 1.165) is 12.1 Å². The Morgan fingerprint density at radius 3 is 1.23 bits per heavy atom. The van der Waals surface area contributed by atoms with Crippen LogP contribution < -0.4 is 46.6 Å². The third-order valence-corrected chi connectivity index (χ3v) is 8.49.